The number of rotatable bonds is 7. The maximum absolute atomic E-state index is 11.3. The number of hydrogen-bond donors (Lipinski definition) is 2. The molecule has 2 N–H and O–H groups in total. The van der Waals surface area contributed by atoms with Gasteiger partial charge in [0.1, 0.15) is 6.20 Å². The smallest absolute Gasteiger partial charge is 0.329 e. The predicted molar refractivity (Wildman–Crippen MR) is 106 cm³/mol. The molecule has 8 nitrogen and oxygen atoms in total. The fraction of sp³-hybridized carbons (Fsp3) is 0.444. The normalized spacial score (nSPS) is 15.5. The van der Waals surface area contributed by atoms with E-state index in [0.29, 0.717) is 30.0 Å². The monoisotopic (exact) mass is 390 g/mol. The summed E-state index contributed by atoms with van der Waals surface area (Å²) in [6.07, 6.45) is 3.37. The maximum atomic E-state index is 11.3. The summed E-state index contributed by atoms with van der Waals surface area (Å²) in [7, 11) is 2.11. The minimum absolute atomic E-state index is 0.119. The van der Waals surface area contributed by atoms with Gasteiger partial charge in [0, 0.05) is 18.1 Å². The van der Waals surface area contributed by atoms with E-state index in [1.165, 1.54) is 6.20 Å². The lowest BCUT2D eigenvalue weighted by Crippen LogP contribution is -2.33. The lowest BCUT2D eigenvalue weighted by molar-refractivity contribution is -0.384. The highest BCUT2D eigenvalue weighted by Gasteiger charge is 2.21. The third kappa shape index (κ3) is 5.27. The molecule has 1 aromatic heterocycles. The van der Waals surface area contributed by atoms with Gasteiger partial charge in [0.2, 0.25) is 11.8 Å². The molecule has 1 aliphatic heterocycles. The van der Waals surface area contributed by atoms with E-state index < -0.39 is 4.92 Å². The van der Waals surface area contributed by atoms with Gasteiger partial charge in [-0.3, -0.25) is 10.1 Å². The zero-order valence-corrected chi connectivity index (χ0v) is 15.9. The second-order valence-electron chi connectivity index (χ2n) is 6.76. The van der Waals surface area contributed by atoms with Crippen molar-refractivity contribution in [2.45, 2.75) is 19.4 Å². The average molecular weight is 391 g/mol. The van der Waals surface area contributed by atoms with Crippen LogP contribution >= 0.6 is 11.6 Å². The van der Waals surface area contributed by atoms with Gasteiger partial charge in [-0.25, -0.2) is 4.98 Å². The highest BCUT2D eigenvalue weighted by atomic mass is 35.5. The second-order valence-corrected chi connectivity index (χ2v) is 7.16. The van der Waals surface area contributed by atoms with Gasteiger partial charge in [-0.05, 0) is 50.5 Å². The van der Waals surface area contributed by atoms with Crippen LogP contribution in [0.1, 0.15) is 18.4 Å². The molecule has 0 atom stereocenters. The first-order valence-electron chi connectivity index (χ1n) is 8.94. The molecule has 144 valence electrons. The Morgan fingerprint density at radius 3 is 2.74 bits per heavy atom. The zero-order valence-electron chi connectivity index (χ0n) is 15.2. The second kappa shape index (κ2) is 8.96. The SMILES string of the molecule is CN1CCC(CNc2nc(NCc3ccccc3Cl)ncc2[N+](=O)[O-])CC1. The number of nitro groups is 1. The van der Waals surface area contributed by atoms with Crippen molar-refractivity contribution in [3.05, 3.63) is 51.2 Å². The van der Waals surface area contributed by atoms with Crippen LogP contribution < -0.4 is 10.6 Å². The molecule has 9 heteroatoms. The Hall–Kier alpha value is -2.45. The highest BCUT2D eigenvalue weighted by Crippen LogP contribution is 2.24. The standard InChI is InChI=1S/C18H23ClN6O2/c1-24-8-6-13(7-9-24)10-20-17-16(25(26)27)12-22-18(23-17)21-11-14-4-2-3-5-15(14)19/h2-5,12-13H,6-11H2,1H3,(H2,20,21,22,23). The van der Waals surface area contributed by atoms with Crippen LogP contribution in [0, 0.1) is 16.0 Å². The van der Waals surface area contributed by atoms with E-state index >= 15 is 0 Å². The first-order chi connectivity index (χ1) is 13.0. The Labute approximate surface area is 163 Å². The summed E-state index contributed by atoms with van der Waals surface area (Å²) in [6.45, 7) is 3.19. The lowest BCUT2D eigenvalue weighted by atomic mass is 9.97. The molecule has 3 rings (SSSR count). The number of benzene rings is 1. The van der Waals surface area contributed by atoms with Gasteiger partial charge in [0.25, 0.3) is 0 Å². The number of nitrogens with one attached hydrogen (secondary N) is 2. The molecule has 0 bridgehead atoms. The van der Waals surface area contributed by atoms with E-state index in [4.69, 9.17) is 11.6 Å². The molecule has 0 aliphatic carbocycles. The van der Waals surface area contributed by atoms with Crippen LogP contribution in [0.5, 0.6) is 0 Å². The summed E-state index contributed by atoms with van der Waals surface area (Å²) in [5.74, 6) is 1.05. The Bertz CT molecular complexity index is 795. The fourth-order valence-corrected chi connectivity index (χ4v) is 3.25. The molecule has 0 unspecified atom stereocenters. The summed E-state index contributed by atoms with van der Waals surface area (Å²) in [5, 5.41) is 18.2. The molecular formula is C18H23ClN6O2. The molecule has 27 heavy (non-hydrogen) atoms. The summed E-state index contributed by atoms with van der Waals surface area (Å²) >= 11 is 6.15. The number of likely N-dealkylation sites (tertiary alicyclic amines) is 1. The summed E-state index contributed by atoms with van der Waals surface area (Å²) in [6, 6.07) is 7.47. The van der Waals surface area contributed by atoms with Crippen LogP contribution in [0.2, 0.25) is 5.02 Å². The van der Waals surface area contributed by atoms with Gasteiger partial charge in [-0.15, -0.1) is 0 Å². The molecular weight excluding hydrogens is 368 g/mol. The van der Waals surface area contributed by atoms with Gasteiger partial charge in [-0.1, -0.05) is 29.8 Å². The number of nitrogens with zero attached hydrogens (tertiary/aromatic N) is 4. The summed E-state index contributed by atoms with van der Waals surface area (Å²) in [4.78, 5) is 21.5. The van der Waals surface area contributed by atoms with Crippen molar-refractivity contribution in [1.29, 1.82) is 0 Å². The molecule has 0 amide bonds. The van der Waals surface area contributed by atoms with E-state index in [-0.39, 0.29) is 11.5 Å². The Balaban J connectivity index is 1.67. The van der Waals surface area contributed by atoms with E-state index in [9.17, 15) is 10.1 Å². The van der Waals surface area contributed by atoms with Gasteiger partial charge in [0.05, 0.1) is 4.92 Å². The molecule has 0 spiro atoms. The molecule has 2 aromatic rings. The van der Waals surface area contributed by atoms with Gasteiger partial charge in [-0.2, -0.15) is 4.98 Å². The topological polar surface area (TPSA) is 96.2 Å². The van der Waals surface area contributed by atoms with Gasteiger partial charge >= 0.3 is 5.69 Å². The molecule has 2 heterocycles. The predicted octanol–water partition coefficient (Wildman–Crippen LogP) is 3.40. The van der Waals surface area contributed by atoms with E-state index in [0.717, 1.165) is 31.5 Å². The Morgan fingerprint density at radius 2 is 2.04 bits per heavy atom. The average Bonchev–Trinajstić information content (AvgIpc) is 2.67. The van der Waals surface area contributed by atoms with E-state index in [1.54, 1.807) is 0 Å². The van der Waals surface area contributed by atoms with Crippen molar-refractivity contribution >= 4 is 29.1 Å². The highest BCUT2D eigenvalue weighted by molar-refractivity contribution is 6.31. The Morgan fingerprint density at radius 1 is 1.30 bits per heavy atom. The minimum Gasteiger partial charge on any atom is -0.364 e. The van der Waals surface area contributed by atoms with Crippen LogP contribution in [0.25, 0.3) is 0 Å². The van der Waals surface area contributed by atoms with Crippen molar-refractivity contribution in [1.82, 2.24) is 14.9 Å². The lowest BCUT2D eigenvalue weighted by Gasteiger charge is -2.29. The summed E-state index contributed by atoms with van der Waals surface area (Å²) in [5.41, 5.74) is 0.785. The molecule has 0 radical (unpaired) electrons. The maximum Gasteiger partial charge on any atom is 0.329 e. The molecule has 1 aromatic carbocycles. The first kappa shape index (κ1) is 19.3. The van der Waals surface area contributed by atoms with Gasteiger partial charge < -0.3 is 15.5 Å². The van der Waals surface area contributed by atoms with Crippen LogP contribution in [0.3, 0.4) is 0 Å². The number of anilines is 2. The fourth-order valence-electron chi connectivity index (χ4n) is 3.05. The van der Waals surface area contributed by atoms with Crippen LogP contribution in [0.15, 0.2) is 30.5 Å². The molecule has 0 saturated carbocycles. The Kier molecular flexibility index (Phi) is 6.41. The number of halogens is 1. The first-order valence-corrected chi connectivity index (χ1v) is 9.32. The van der Waals surface area contributed by atoms with Gasteiger partial charge in [0.15, 0.2) is 0 Å². The number of piperidine rings is 1. The van der Waals surface area contributed by atoms with Crippen molar-refractivity contribution in [2.24, 2.45) is 5.92 Å². The third-order valence-corrected chi connectivity index (χ3v) is 5.13. The van der Waals surface area contributed by atoms with Crippen LogP contribution in [0.4, 0.5) is 17.5 Å². The zero-order chi connectivity index (χ0) is 19.2. The van der Waals surface area contributed by atoms with E-state index in [1.807, 2.05) is 24.3 Å². The number of aromatic nitrogens is 2. The largest absolute Gasteiger partial charge is 0.364 e. The van der Waals surface area contributed by atoms with Crippen LogP contribution in [-0.4, -0.2) is 46.5 Å². The van der Waals surface area contributed by atoms with Crippen molar-refractivity contribution < 1.29 is 4.92 Å². The van der Waals surface area contributed by atoms with Crippen molar-refractivity contribution in [3.8, 4) is 0 Å². The molecule has 1 aliphatic rings. The summed E-state index contributed by atoms with van der Waals surface area (Å²) < 4.78 is 0. The van der Waals surface area contributed by atoms with Crippen LogP contribution in [-0.2, 0) is 6.54 Å². The molecule has 1 fully saturated rings. The number of hydrogen-bond acceptors (Lipinski definition) is 7. The minimum atomic E-state index is -0.463. The quantitative estimate of drug-likeness (QED) is 0.552. The van der Waals surface area contributed by atoms with E-state index in [2.05, 4.69) is 32.5 Å². The van der Waals surface area contributed by atoms with Crippen molar-refractivity contribution in [3.63, 3.8) is 0 Å². The van der Waals surface area contributed by atoms with Crippen molar-refractivity contribution in [2.75, 3.05) is 37.3 Å². The molecule has 1 saturated heterocycles. The third-order valence-electron chi connectivity index (χ3n) is 4.76.